The monoisotopic (exact) mass is 324 g/mol. The van der Waals surface area contributed by atoms with Gasteiger partial charge in [-0.2, -0.15) is 12.1 Å². The Balaban J connectivity index is 0.00000162. The first-order valence-corrected chi connectivity index (χ1v) is 5.01. The summed E-state index contributed by atoms with van der Waals surface area (Å²) in [5.41, 5.74) is 6.01. The van der Waals surface area contributed by atoms with E-state index >= 15 is 0 Å². The third-order valence-electron chi connectivity index (χ3n) is 2.39. The van der Waals surface area contributed by atoms with Crippen molar-refractivity contribution in [3.63, 3.8) is 0 Å². The van der Waals surface area contributed by atoms with E-state index in [1.54, 1.807) is 18.2 Å². The zero-order chi connectivity index (χ0) is 12.4. The van der Waals surface area contributed by atoms with E-state index < -0.39 is 24.5 Å². The Kier molecular flexibility index (Phi) is 5.25. The fourth-order valence-corrected chi connectivity index (χ4v) is 1.61. The zero-order valence-corrected chi connectivity index (χ0v) is 12.3. The molecule has 2 rings (SSSR count). The van der Waals surface area contributed by atoms with Gasteiger partial charge in [0.05, 0.1) is 6.61 Å². The van der Waals surface area contributed by atoms with Crippen LogP contribution in [0.2, 0.25) is 0 Å². The maximum Gasteiger partial charge on any atom is 0.323 e. The Morgan fingerprint density at radius 1 is 1.67 bits per heavy atom. The van der Waals surface area contributed by atoms with Crippen LogP contribution in [0.1, 0.15) is 0 Å². The van der Waals surface area contributed by atoms with Gasteiger partial charge in [0.2, 0.25) is 5.91 Å². The number of carbonyl (C=O) groups is 2. The average Bonchev–Trinajstić information content (AvgIpc) is 2.42. The number of nitrogens with two attached hydrogens (primary N) is 1. The van der Waals surface area contributed by atoms with Gasteiger partial charge in [-0.1, -0.05) is 0 Å². The molecule has 0 spiro atoms. The van der Waals surface area contributed by atoms with E-state index in [4.69, 9.17) is 15.6 Å². The number of nitrogens with zero attached hydrogens (tertiary/aromatic N) is 1. The van der Waals surface area contributed by atoms with Gasteiger partial charge in [0.15, 0.2) is 0 Å². The molecule has 1 unspecified atom stereocenters. The molecule has 18 heavy (non-hydrogen) atoms. The van der Waals surface area contributed by atoms with E-state index in [9.17, 15) is 9.59 Å². The number of carboxylic acid groups (broad SMARTS) is 1. The third kappa shape index (κ3) is 3.07. The van der Waals surface area contributed by atoms with Crippen molar-refractivity contribution in [3.05, 3.63) is 24.3 Å². The molecule has 1 aliphatic heterocycles. The Bertz CT molecular complexity index is 466. The van der Waals surface area contributed by atoms with Gasteiger partial charge in [0.25, 0.3) is 0 Å². The van der Waals surface area contributed by atoms with Crippen LogP contribution in [0.4, 0.5) is 5.69 Å². The van der Waals surface area contributed by atoms with Crippen LogP contribution in [-0.4, -0.2) is 36.2 Å². The summed E-state index contributed by atoms with van der Waals surface area (Å²) in [4.78, 5) is 23.8. The number of carboxylic acids is 1. The van der Waals surface area contributed by atoms with Gasteiger partial charge >= 0.3 is 5.97 Å². The van der Waals surface area contributed by atoms with Gasteiger partial charge in [-0.15, -0.1) is 12.1 Å². The minimum atomic E-state index is -1.11. The summed E-state index contributed by atoms with van der Waals surface area (Å²) < 4.78 is 5.33. The van der Waals surface area contributed by atoms with Crippen LogP contribution in [0, 0.1) is 6.07 Å². The van der Waals surface area contributed by atoms with Crippen molar-refractivity contribution >= 4 is 17.6 Å². The Hall–Kier alpha value is -0.976. The van der Waals surface area contributed by atoms with Crippen LogP contribution in [0.5, 0.6) is 5.75 Å². The smallest absolute Gasteiger partial charge is 0.323 e. The molecule has 0 aromatic heterocycles. The fourth-order valence-electron chi connectivity index (χ4n) is 1.61. The number of carbonyl (C=O) groups excluding carboxylic acids is 1. The molecule has 1 radical (unpaired) electrons. The maximum atomic E-state index is 11.9. The molecule has 3 N–H and O–H groups in total. The van der Waals surface area contributed by atoms with E-state index in [1.165, 1.54) is 0 Å². The molecule has 0 aliphatic carbocycles. The molecule has 1 aliphatic rings. The fraction of sp³-hybridized carbons (Fsp3) is 0.273. The first-order chi connectivity index (χ1) is 8.09. The minimum absolute atomic E-state index is 0. The molecule has 0 fully saturated rings. The average molecular weight is 324 g/mol. The van der Waals surface area contributed by atoms with E-state index in [-0.39, 0.29) is 39.3 Å². The Morgan fingerprint density at radius 3 is 3.06 bits per heavy atom. The molecule has 0 saturated carbocycles. The number of aliphatic carboxylic acids is 1. The second kappa shape index (κ2) is 6.27. The number of hydrogen-bond acceptors (Lipinski definition) is 4. The molecule has 6 nitrogen and oxygen atoms in total. The number of amides is 1. The van der Waals surface area contributed by atoms with E-state index in [2.05, 4.69) is 6.07 Å². The SMILES string of the molecule is NC1COc2c[c-]ccc2N(CC(=O)O)C1=O.[Y]. The molecule has 0 bridgehead atoms. The number of anilines is 1. The van der Waals surface area contributed by atoms with Crippen molar-refractivity contribution < 1.29 is 52.1 Å². The normalized spacial score (nSPS) is 18.2. The van der Waals surface area contributed by atoms with Crippen LogP contribution < -0.4 is 15.4 Å². The summed E-state index contributed by atoms with van der Waals surface area (Å²) in [6.45, 7) is -0.410. The number of rotatable bonds is 2. The summed E-state index contributed by atoms with van der Waals surface area (Å²) in [6, 6.07) is 6.65. The van der Waals surface area contributed by atoms with Crippen LogP contribution in [0.3, 0.4) is 0 Å². The van der Waals surface area contributed by atoms with Crippen molar-refractivity contribution in [2.45, 2.75) is 6.04 Å². The predicted molar refractivity (Wildman–Crippen MR) is 58.7 cm³/mol. The van der Waals surface area contributed by atoms with Crippen molar-refractivity contribution in [2.24, 2.45) is 5.73 Å². The molecular formula is C11H11N2O4Y-. The van der Waals surface area contributed by atoms with E-state index in [0.29, 0.717) is 11.4 Å². The minimum Gasteiger partial charge on any atom is -0.547 e. The number of ether oxygens (including phenoxy) is 1. The quantitative estimate of drug-likeness (QED) is 0.724. The molecule has 1 aromatic rings. The van der Waals surface area contributed by atoms with Gasteiger partial charge in [-0.05, 0) is 5.69 Å². The van der Waals surface area contributed by atoms with Crippen molar-refractivity contribution in [1.82, 2.24) is 0 Å². The van der Waals surface area contributed by atoms with Crippen LogP contribution in [-0.2, 0) is 42.3 Å². The second-order valence-electron chi connectivity index (χ2n) is 3.63. The molecule has 1 heterocycles. The van der Waals surface area contributed by atoms with Crippen molar-refractivity contribution in [2.75, 3.05) is 18.1 Å². The first-order valence-electron chi connectivity index (χ1n) is 5.01. The van der Waals surface area contributed by atoms with Gasteiger partial charge < -0.3 is 20.5 Å². The molecule has 93 valence electrons. The van der Waals surface area contributed by atoms with Crippen molar-refractivity contribution in [3.8, 4) is 5.75 Å². The predicted octanol–water partition coefficient (Wildman–Crippen LogP) is -0.378. The second-order valence-corrected chi connectivity index (χ2v) is 3.63. The summed E-state index contributed by atoms with van der Waals surface area (Å²) in [5, 5.41) is 8.80. The summed E-state index contributed by atoms with van der Waals surface area (Å²) >= 11 is 0. The van der Waals surface area contributed by atoms with Gasteiger partial charge in [0, 0.05) is 38.5 Å². The largest absolute Gasteiger partial charge is 0.547 e. The van der Waals surface area contributed by atoms with E-state index in [0.717, 1.165) is 4.90 Å². The topological polar surface area (TPSA) is 92.9 Å². The summed E-state index contributed by atoms with van der Waals surface area (Å²) in [7, 11) is 0. The molecule has 1 aromatic carbocycles. The third-order valence-corrected chi connectivity index (χ3v) is 2.39. The number of benzene rings is 1. The molecule has 0 saturated heterocycles. The summed E-state index contributed by atoms with van der Waals surface area (Å²) in [6.07, 6.45) is 0. The Morgan fingerprint density at radius 2 is 2.39 bits per heavy atom. The molecular weight excluding hydrogens is 313 g/mol. The van der Waals surface area contributed by atoms with Gasteiger partial charge in [-0.25, -0.2) is 0 Å². The number of hydrogen-bond donors (Lipinski definition) is 2. The van der Waals surface area contributed by atoms with Crippen molar-refractivity contribution in [1.29, 1.82) is 0 Å². The molecule has 1 amide bonds. The zero-order valence-electron chi connectivity index (χ0n) is 9.50. The van der Waals surface area contributed by atoms with E-state index in [1.807, 2.05) is 0 Å². The standard InChI is InChI=1S/C11H11N2O4.Y/c12-7-6-17-9-4-2-1-3-8(9)13(11(7)16)5-10(14)15;/h1,3-4,7H,5-6,12H2,(H,14,15);/q-1;. The number of fused-ring (bicyclic) bond motifs is 1. The molecule has 1 atom stereocenters. The van der Waals surface area contributed by atoms with Crippen LogP contribution >= 0.6 is 0 Å². The summed E-state index contributed by atoms with van der Waals surface area (Å²) in [5.74, 6) is -1.15. The van der Waals surface area contributed by atoms with Gasteiger partial charge in [-0.3, -0.25) is 9.59 Å². The Labute approximate surface area is 129 Å². The molecule has 7 heteroatoms. The maximum absolute atomic E-state index is 11.9. The first kappa shape index (κ1) is 15.1. The van der Waals surface area contributed by atoms with Gasteiger partial charge in [0.1, 0.15) is 12.6 Å². The van der Waals surface area contributed by atoms with Crippen LogP contribution in [0.25, 0.3) is 0 Å². The van der Waals surface area contributed by atoms with Crippen LogP contribution in [0.15, 0.2) is 18.2 Å².